The smallest absolute Gasteiger partial charge is 0.358 e. The Balaban J connectivity index is 1.66. The van der Waals surface area contributed by atoms with Crippen LogP contribution in [0.2, 0.25) is 0 Å². The van der Waals surface area contributed by atoms with Gasteiger partial charge in [-0.1, -0.05) is 6.08 Å². The number of aryl methyl sites for hydroxylation is 1. The van der Waals surface area contributed by atoms with Gasteiger partial charge >= 0.3 is 5.97 Å². The Kier molecular flexibility index (Phi) is 5.84. The molecular weight excluding hydrogens is 379 g/mol. The Morgan fingerprint density at radius 1 is 1.29 bits per heavy atom. The number of rotatable bonds is 7. The van der Waals surface area contributed by atoms with Crippen LogP contribution < -0.4 is 0 Å². The van der Waals surface area contributed by atoms with Crippen LogP contribution in [0.1, 0.15) is 32.2 Å². The Bertz CT molecular complexity index is 1030. The van der Waals surface area contributed by atoms with Crippen molar-refractivity contribution in [3.05, 3.63) is 76.8 Å². The molecule has 5 nitrogen and oxygen atoms in total. The van der Waals surface area contributed by atoms with E-state index in [2.05, 4.69) is 11.6 Å². The molecule has 0 fully saturated rings. The number of carbonyl (C=O) groups is 2. The molecule has 2 heterocycles. The first kappa shape index (κ1) is 19.7. The highest BCUT2D eigenvalue weighted by molar-refractivity contribution is 7.13. The van der Waals surface area contributed by atoms with Gasteiger partial charge in [0.15, 0.2) is 12.3 Å². The van der Waals surface area contributed by atoms with Crippen LogP contribution in [0.15, 0.2) is 48.4 Å². The molecule has 0 atom stereocenters. The summed E-state index contributed by atoms with van der Waals surface area (Å²) in [5.74, 6) is -1.28. The number of ketones is 1. The highest BCUT2D eigenvalue weighted by Gasteiger charge is 2.19. The number of esters is 1. The third-order valence-electron chi connectivity index (χ3n) is 4.32. The fraction of sp³-hybridized carbons (Fsp3) is 0.190. The summed E-state index contributed by atoms with van der Waals surface area (Å²) >= 11 is 1.25. The van der Waals surface area contributed by atoms with Crippen molar-refractivity contribution in [2.45, 2.75) is 20.4 Å². The second-order valence-electron chi connectivity index (χ2n) is 6.23. The van der Waals surface area contributed by atoms with Crippen LogP contribution in [-0.4, -0.2) is 27.9 Å². The molecule has 0 bridgehead atoms. The summed E-state index contributed by atoms with van der Waals surface area (Å²) in [6.07, 6.45) is 1.76. The maximum absolute atomic E-state index is 13.0. The van der Waals surface area contributed by atoms with Gasteiger partial charge in [0.25, 0.3) is 0 Å². The van der Waals surface area contributed by atoms with Crippen LogP contribution in [0.5, 0.6) is 0 Å². The third kappa shape index (κ3) is 4.09. The average Bonchev–Trinajstić information content (AvgIpc) is 3.27. The summed E-state index contributed by atoms with van der Waals surface area (Å²) in [5.41, 5.74) is 3.10. The molecule has 0 aliphatic rings. The van der Waals surface area contributed by atoms with Crippen molar-refractivity contribution in [1.29, 1.82) is 0 Å². The predicted molar refractivity (Wildman–Crippen MR) is 106 cm³/mol. The largest absolute Gasteiger partial charge is 0.453 e. The normalized spacial score (nSPS) is 10.7. The number of ether oxygens (including phenoxy) is 1. The minimum absolute atomic E-state index is 0.120. The number of Topliss-reactive ketones (excluding diaryl/α,β-unsaturated/α-hetero) is 1. The SMILES string of the molecule is C=CCn1c(C)cc(C(=O)COC(=O)c2csc(-c3ccc(F)cc3)n2)c1C. The number of halogens is 1. The first-order chi connectivity index (χ1) is 13.4. The van der Waals surface area contributed by atoms with E-state index in [1.165, 1.54) is 23.5 Å². The van der Waals surface area contributed by atoms with Gasteiger partial charge in [0, 0.05) is 34.4 Å². The number of nitrogens with zero attached hydrogens (tertiary/aromatic N) is 2. The van der Waals surface area contributed by atoms with Crippen LogP contribution in [0.3, 0.4) is 0 Å². The molecule has 0 aliphatic carbocycles. The van der Waals surface area contributed by atoms with E-state index in [9.17, 15) is 14.0 Å². The highest BCUT2D eigenvalue weighted by Crippen LogP contribution is 2.24. The Hall–Kier alpha value is -3.06. The zero-order chi connectivity index (χ0) is 20.3. The molecule has 3 aromatic rings. The van der Waals surface area contributed by atoms with Crippen LogP contribution in [0, 0.1) is 19.7 Å². The minimum atomic E-state index is -0.669. The van der Waals surface area contributed by atoms with Crippen LogP contribution in [-0.2, 0) is 11.3 Å². The van der Waals surface area contributed by atoms with Gasteiger partial charge < -0.3 is 9.30 Å². The maximum atomic E-state index is 13.0. The fourth-order valence-electron chi connectivity index (χ4n) is 2.87. The standard InChI is InChI=1S/C21H19FN2O3S/c1-4-9-24-13(2)10-17(14(24)3)19(25)11-27-21(26)18-12-28-20(23-18)15-5-7-16(22)8-6-15/h4-8,10,12H,1,9,11H2,2-3H3. The summed E-state index contributed by atoms with van der Waals surface area (Å²) in [5, 5.41) is 2.13. The first-order valence-corrected chi connectivity index (χ1v) is 9.48. The molecule has 0 unspecified atom stereocenters. The van der Waals surface area contributed by atoms with Gasteiger partial charge in [0.05, 0.1) is 0 Å². The molecule has 1 aromatic carbocycles. The summed E-state index contributed by atoms with van der Waals surface area (Å²) in [7, 11) is 0. The molecule has 0 spiro atoms. The van der Waals surface area contributed by atoms with Crippen molar-refractivity contribution in [2.75, 3.05) is 6.61 Å². The van der Waals surface area contributed by atoms with E-state index in [1.807, 2.05) is 18.4 Å². The summed E-state index contributed by atoms with van der Waals surface area (Å²) < 4.78 is 20.1. The summed E-state index contributed by atoms with van der Waals surface area (Å²) in [4.78, 5) is 28.9. The van der Waals surface area contributed by atoms with E-state index in [-0.39, 0.29) is 23.9 Å². The van der Waals surface area contributed by atoms with E-state index in [0.29, 0.717) is 22.7 Å². The Morgan fingerprint density at radius 3 is 2.68 bits per heavy atom. The quantitative estimate of drug-likeness (QED) is 0.332. The van der Waals surface area contributed by atoms with Gasteiger partial charge in [-0.15, -0.1) is 17.9 Å². The molecule has 2 aromatic heterocycles. The van der Waals surface area contributed by atoms with Crippen LogP contribution >= 0.6 is 11.3 Å². The topological polar surface area (TPSA) is 61.2 Å². The zero-order valence-electron chi connectivity index (χ0n) is 15.6. The molecule has 28 heavy (non-hydrogen) atoms. The lowest BCUT2D eigenvalue weighted by Gasteiger charge is -2.06. The van der Waals surface area contributed by atoms with Gasteiger partial charge in [0.1, 0.15) is 10.8 Å². The van der Waals surface area contributed by atoms with Gasteiger partial charge in [0.2, 0.25) is 5.78 Å². The predicted octanol–water partition coefficient (Wildman–Crippen LogP) is 4.59. The number of allylic oxidation sites excluding steroid dienone is 1. The second-order valence-corrected chi connectivity index (χ2v) is 7.09. The van der Waals surface area contributed by atoms with Crippen molar-refractivity contribution in [3.8, 4) is 10.6 Å². The van der Waals surface area contributed by atoms with Crippen LogP contribution in [0.4, 0.5) is 4.39 Å². The molecular formula is C21H19FN2O3S. The number of aromatic nitrogens is 2. The molecule has 0 radical (unpaired) electrons. The second kappa shape index (κ2) is 8.31. The number of carbonyl (C=O) groups excluding carboxylic acids is 2. The number of hydrogen-bond acceptors (Lipinski definition) is 5. The monoisotopic (exact) mass is 398 g/mol. The van der Waals surface area contributed by atoms with Gasteiger partial charge in [-0.05, 0) is 44.2 Å². The summed E-state index contributed by atoms with van der Waals surface area (Å²) in [6.45, 7) is 7.72. The summed E-state index contributed by atoms with van der Waals surface area (Å²) in [6, 6.07) is 7.62. The Labute approximate surface area is 166 Å². The third-order valence-corrected chi connectivity index (χ3v) is 5.22. The van der Waals surface area contributed by atoms with E-state index in [0.717, 1.165) is 11.4 Å². The fourth-order valence-corrected chi connectivity index (χ4v) is 3.66. The van der Waals surface area contributed by atoms with Crippen molar-refractivity contribution in [1.82, 2.24) is 9.55 Å². The Morgan fingerprint density at radius 2 is 2.00 bits per heavy atom. The molecule has 7 heteroatoms. The van der Waals surface area contributed by atoms with E-state index >= 15 is 0 Å². The zero-order valence-corrected chi connectivity index (χ0v) is 16.4. The van der Waals surface area contributed by atoms with Crippen molar-refractivity contribution >= 4 is 23.1 Å². The van der Waals surface area contributed by atoms with Crippen molar-refractivity contribution in [3.63, 3.8) is 0 Å². The van der Waals surface area contributed by atoms with Crippen molar-refractivity contribution < 1.29 is 18.7 Å². The van der Waals surface area contributed by atoms with E-state index in [1.54, 1.807) is 29.7 Å². The minimum Gasteiger partial charge on any atom is -0.453 e. The first-order valence-electron chi connectivity index (χ1n) is 8.60. The van der Waals surface area contributed by atoms with E-state index in [4.69, 9.17) is 4.74 Å². The molecule has 0 saturated carbocycles. The molecule has 0 amide bonds. The lowest BCUT2D eigenvalue weighted by atomic mass is 10.1. The lowest BCUT2D eigenvalue weighted by molar-refractivity contribution is 0.0469. The van der Waals surface area contributed by atoms with Gasteiger partial charge in [-0.3, -0.25) is 4.79 Å². The number of hydrogen-bond donors (Lipinski definition) is 0. The average molecular weight is 398 g/mol. The van der Waals surface area contributed by atoms with Crippen LogP contribution in [0.25, 0.3) is 10.6 Å². The number of thiazole rings is 1. The van der Waals surface area contributed by atoms with E-state index < -0.39 is 5.97 Å². The lowest BCUT2D eigenvalue weighted by Crippen LogP contribution is -2.15. The molecule has 0 aliphatic heterocycles. The molecule has 3 rings (SSSR count). The highest BCUT2D eigenvalue weighted by atomic mass is 32.1. The molecule has 0 N–H and O–H groups in total. The molecule has 0 saturated heterocycles. The van der Waals surface area contributed by atoms with Gasteiger partial charge in [-0.25, -0.2) is 14.2 Å². The number of benzene rings is 1. The molecule has 144 valence electrons. The maximum Gasteiger partial charge on any atom is 0.358 e. The van der Waals surface area contributed by atoms with Gasteiger partial charge in [-0.2, -0.15) is 0 Å². The van der Waals surface area contributed by atoms with Crippen molar-refractivity contribution in [2.24, 2.45) is 0 Å².